The fraction of sp³-hybridized carbons (Fsp3) is 0.833. The lowest BCUT2D eigenvalue weighted by Gasteiger charge is -2.12. The minimum absolute atomic E-state index is 0.0570. The molecule has 18 heavy (non-hydrogen) atoms. The molecule has 1 fully saturated rings. The Morgan fingerprint density at radius 1 is 1.50 bits per heavy atom. The summed E-state index contributed by atoms with van der Waals surface area (Å²) in [4.78, 5) is 10.7. The van der Waals surface area contributed by atoms with Crippen molar-refractivity contribution in [1.82, 2.24) is 20.2 Å². The first-order valence-electron chi connectivity index (χ1n) is 6.65. The molecular weight excluding hydrogens is 232 g/mol. The summed E-state index contributed by atoms with van der Waals surface area (Å²) in [6.07, 6.45) is 7.32. The van der Waals surface area contributed by atoms with Crippen molar-refractivity contribution < 1.29 is 9.90 Å². The van der Waals surface area contributed by atoms with Gasteiger partial charge in [0.2, 0.25) is 0 Å². The molecule has 0 radical (unpaired) electrons. The Balaban J connectivity index is 1.91. The minimum Gasteiger partial charge on any atom is -0.481 e. The summed E-state index contributed by atoms with van der Waals surface area (Å²) in [6.45, 7) is 1.84. The zero-order valence-corrected chi connectivity index (χ0v) is 10.7. The van der Waals surface area contributed by atoms with Crippen molar-refractivity contribution in [3.63, 3.8) is 0 Å². The maximum Gasteiger partial charge on any atom is 0.305 e. The summed E-state index contributed by atoms with van der Waals surface area (Å²) >= 11 is 0. The van der Waals surface area contributed by atoms with Gasteiger partial charge in [-0.1, -0.05) is 25.7 Å². The zero-order valence-electron chi connectivity index (χ0n) is 10.7. The van der Waals surface area contributed by atoms with Gasteiger partial charge in [-0.15, -0.1) is 5.10 Å². The molecule has 0 spiro atoms. The maximum atomic E-state index is 10.7. The standard InChI is InChI=1S/C12H20N4O2/c1-9(8-12(17)18)16-11(13-14-15-16)7-6-10-4-2-3-5-10/h9-10H,2-8H2,1H3,(H,17,18). The lowest BCUT2D eigenvalue weighted by molar-refractivity contribution is -0.137. The number of rotatable bonds is 6. The Bertz CT molecular complexity index is 399. The van der Waals surface area contributed by atoms with Gasteiger partial charge in [-0.05, 0) is 29.7 Å². The second-order valence-electron chi connectivity index (χ2n) is 5.18. The summed E-state index contributed by atoms with van der Waals surface area (Å²) in [6, 6.07) is -0.184. The largest absolute Gasteiger partial charge is 0.481 e. The van der Waals surface area contributed by atoms with Crippen LogP contribution in [0.1, 0.15) is 57.3 Å². The van der Waals surface area contributed by atoms with Crippen LogP contribution in [0.5, 0.6) is 0 Å². The molecule has 6 heteroatoms. The van der Waals surface area contributed by atoms with E-state index < -0.39 is 5.97 Å². The summed E-state index contributed by atoms with van der Waals surface area (Å²) in [5, 5.41) is 20.4. The molecule has 1 aliphatic rings. The first-order chi connectivity index (χ1) is 8.66. The molecule has 1 aromatic heterocycles. The molecule has 0 aliphatic heterocycles. The molecule has 1 unspecified atom stereocenters. The summed E-state index contributed by atoms with van der Waals surface area (Å²) < 4.78 is 1.66. The number of hydrogen-bond donors (Lipinski definition) is 1. The second-order valence-corrected chi connectivity index (χ2v) is 5.18. The molecule has 6 nitrogen and oxygen atoms in total. The predicted octanol–water partition coefficient (Wildman–Crippen LogP) is 1.83. The van der Waals surface area contributed by atoms with E-state index in [-0.39, 0.29) is 12.5 Å². The average Bonchev–Trinajstić information content (AvgIpc) is 2.96. The van der Waals surface area contributed by atoms with Gasteiger partial charge in [-0.3, -0.25) is 4.79 Å². The van der Waals surface area contributed by atoms with E-state index in [1.165, 1.54) is 25.7 Å². The van der Waals surface area contributed by atoms with Crippen LogP contribution in [0.25, 0.3) is 0 Å². The monoisotopic (exact) mass is 252 g/mol. The Morgan fingerprint density at radius 2 is 2.22 bits per heavy atom. The van der Waals surface area contributed by atoms with Crippen LogP contribution >= 0.6 is 0 Å². The first-order valence-corrected chi connectivity index (χ1v) is 6.65. The number of hydrogen-bond acceptors (Lipinski definition) is 4. The quantitative estimate of drug-likeness (QED) is 0.835. The molecule has 1 heterocycles. The SMILES string of the molecule is CC(CC(=O)O)n1nnnc1CCC1CCCC1. The Morgan fingerprint density at radius 3 is 2.89 bits per heavy atom. The average molecular weight is 252 g/mol. The van der Waals surface area contributed by atoms with Crippen molar-refractivity contribution in [1.29, 1.82) is 0 Å². The number of carbonyl (C=O) groups is 1. The highest BCUT2D eigenvalue weighted by molar-refractivity contribution is 5.67. The fourth-order valence-electron chi connectivity index (χ4n) is 2.69. The predicted molar refractivity (Wildman–Crippen MR) is 65.1 cm³/mol. The van der Waals surface area contributed by atoms with E-state index in [9.17, 15) is 4.79 Å². The van der Waals surface area contributed by atoms with E-state index >= 15 is 0 Å². The van der Waals surface area contributed by atoms with Crippen molar-refractivity contribution in [2.45, 2.75) is 57.9 Å². The topological polar surface area (TPSA) is 80.9 Å². The third kappa shape index (κ3) is 3.27. The smallest absolute Gasteiger partial charge is 0.305 e. The highest BCUT2D eigenvalue weighted by Gasteiger charge is 2.19. The van der Waals surface area contributed by atoms with Crippen LogP contribution in [0.15, 0.2) is 0 Å². The van der Waals surface area contributed by atoms with Gasteiger partial charge in [0.05, 0.1) is 12.5 Å². The fourth-order valence-corrected chi connectivity index (χ4v) is 2.69. The van der Waals surface area contributed by atoms with Crippen LogP contribution in [0, 0.1) is 5.92 Å². The molecule has 1 aromatic rings. The number of carboxylic acids is 1. The van der Waals surface area contributed by atoms with Gasteiger partial charge in [0.25, 0.3) is 0 Å². The van der Waals surface area contributed by atoms with Crippen LogP contribution < -0.4 is 0 Å². The number of aliphatic carboxylic acids is 1. The lowest BCUT2D eigenvalue weighted by atomic mass is 10.0. The summed E-state index contributed by atoms with van der Waals surface area (Å²) in [5.41, 5.74) is 0. The minimum atomic E-state index is -0.820. The maximum absolute atomic E-state index is 10.7. The molecule has 1 aliphatic carbocycles. The van der Waals surface area contributed by atoms with Crippen molar-refractivity contribution in [3.05, 3.63) is 5.82 Å². The molecular formula is C12H20N4O2. The van der Waals surface area contributed by atoms with Crippen molar-refractivity contribution in [3.8, 4) is 0 Å². The molecule has 100 valence electrons. The van der Waals surface area contributed by atoms with Crippen molar-refractivity contribution in [2.24, 2.45) is 5.92 Å². The number of carboxylic acid groups (broad SMARTS) is 1. The highest BCUT2D eigenvalue weighted by atomic mass is 16.4. The third-order valence-corrected chi connectivity index (χ3v) is 3.70. The van der Waals surface area contributed by atoms with E-state index in [1.54, 1.807) is 4.68 Å². The number of aromatic nitrogens is 4. The van der Waals surface area contributed by atoms with Gasteiger partial charge >= 0.3 is 5.97 Å². The molecule has 1 saturated carbocycles. The van der Waals surface area contributed by atoms with E-state index in [1.807, 2.05) is 6.92 Å². The van der Waals surface area contributed by atoms with E-state index in [0.717, 1.165) is 24.6 Å². The molecule has 0 amide bonds. The second kappa shape index (κ2) is 5.93. The molecule has 0 saturated heterocycles. The Kier molecular flexibility index (Phi) is 4.28. The van der Waals surface area contributed by atoms with Crippen molar-refractivity contribution >= 4 is 5.97 Å². The van der Waals surface area contributed by atoms with Crippen LogP contribution in [0.3, 0.4) is 0 Å². The third-order valence-electron chi connectivity index (χ3n) is 3.70. The van der Waals surface area contributed by atoms with E-state index in [4.69, 9.17) is 5.11 Å². The molecule has 1 N–H and O–H groups in total. The van der Waals surface area contributed by atoms with Crippen LogP contribution in [0.4, 0.5) is 0 Å². The van der Waals surface area contributed by atoms with Crippen molar-refractivity contribution in [2.75, 3.05) is 0 Å². The van der Waals surface area contributed by atoms with Gasteiger partial charge in [-0.25, -0.2) is 4.68 Å². The van der Waals surface area contributed by atoms with Crippen LogP contribution in [-0.4, -0.2) is 31.3 Å². The van der Waals surface area contributed by atoms with E-state index in [2.05, 4.69) is 15.5 Å². The van der Waals surface area contributed by atoms with E-state index in [0.29, 0.717) is 0 Å². The van der Waals surface area contributed by atoms with Crippen LogP contribution in [-0.2, 0) is 11.2 Å². The normalized spacial score (nSPS) is 18.1. The first kappa shape index (κ1) is 13.0. The van der Waals surface area contributed by atoms with Gasteiger partial charge in [0.1, 0.15) is 0 Å². The highest BCUT2D eigenvalue weighted by Crippen LogP contribution is 2.28. The Labute approximate surface area is 106 Å². The molecule has 1 atom stereocenters. The zero-order chi connectivity index (χ0) is 13.0. The summed E-state index contributed by atoms with van der Waals surface area (Å²) in [5.74, 6) is 0.792. The number of aryl methyl sites for hydroxylation is 1. The molecule has 0 bridgehead atoms. The van der Waals surface area contributed by atoms with Gasteiger partial charge in [0.15, 0.2) is 5.82 Å². The van der Waals surface area contributed by atoms with Crippen LogP contribution in [0.2, 0.25) is 0 Å². The molecule has 2 rings (SSSR count). The lowest BCUT2D eigenvalue weighted by Crippen LogP contribution is -2.15. The van der Waals surface area contributed by atoms with Gasteiger partial charge in [0, 0.05) is 6.42 Å². The Hall–Kier alpha value is -1.46. The molecule has 0 aromatic carbocycles. The van der Waals surface area contributed by atoms with Gasteiger partial charge in [-0.2, -0.15) is 0 Å². The van der Waals surface area contributed by atoms with Gasteiger partial charge < -0.3 is 5.11 Å². The number of nitrogens with zero attached hydrogens (tertiary/aromatic N) is 4. The number of tetrazole rings is 1. The summed E-state index contributed by atoms with van der Waals surface area (Å²) in [7, 11) is 0.